The van der Waals surface area contributed by atoms with Gasteiger partial charge in [0.25, 0.3) is 0 Å². The molecule has 0 atom stereocenters. The molecular weight excluding hydrogens is 299 g/mol. The van der Waals surface area contributed by atoms with Crippen LogP contribution in [0.2, 0.25) is 0 Å². The molecule has 0 spiro atoms. The highest BCUT2D eigenvalue weighted by Crippen LogP contribution is 2.54. The third-order valence-electron chi connectivity index (χ3n) is 2.57. The van der Waals surface area contributed by atoms with Crippen LogP contribution in [0.5, 0.6) is 0 Å². The minimum atomic E-state index is -3.66. The van der Waals surface area contributed by atoms with Gasteiger partial charge in [-0.1, -0.05) is 43.7 Å². The van der Waals surface area contributed by atoms with Gasteiger partial charge >= 0.3 is 7.82 Å². The second-order valence-electron chi connectivity index (χ2n) is 5.57. The maximum Gasteiger partial charge on any atom is 0.530 e. The van der Waals surface area contributed by atoms with Crippen LogP contribution in [-0.4, -0.2) is 12.2 Å². The number of hydrogen-bond acceptors (Lipinski definition) is 4. The van der Waals surface area contributed by atoms with Gasteiger partial charge in [0, 0.05) is 5.56 Å². The lowest BCUT2D eigenvalue weighted by atomic mass is 10.1. The highest BCUT2D eigenvalue weighted by Gasteiger charge is 2.32. The Morgan fingerprint density at radius 2 is 1.64 bits per heavy atom. The number of allylic oxidation sites excluding steroid dienone is 1. The molecule has 0 saturated heterocycles. The van der Waals surface area contributed by atoms with Crippen LogP contribution >= 0.6 is 7.82 Å². The van der Waals surface area contributed by atoms with Crippen molar-refractivity contribution in [1.82, 2.24) is 0 Å². The molecule has 0 N–H and O–H groups in total. The van der Waals surface area contributed by atoms with E-state index in [1.165, 1.54) is 0 Å². The van der Waals surface area contributed by atoms with Crippen molar-refractivity contribution in [3.63, 3.8) is 0 Å². The van der Waals surface area contributed by atoms with E-state index in [9.17, 15) is 4.57 Å². The molecule has 0 aliphatic carbocycles. The van der Waals surface area contributed by atoms with Gasteiger partial charge in [0.15, 0.2) is 0 Å². The van der Waals surface area contributed by atoms with Gasteiger partial charge in [-0.25, -0.2) is 4.57 Å². The molecule has 0 aliphatic rings. The molecular formula is C17H27O4P. The Balaban J connectivity index is 3.05. The van der Waals surface area contributed by atoms with Gasteiger partial charge in [0.2, 0.25) is 0 Å². The van der Waals surface area contributed by atoms with Crippen LogP contribution in [0, 0.1) is 0 Å². The molecule has 1 aromatic carbocycles. The maximum atomic E-state index is 12.9. The quantitative estimate of drug-likeness (QED) is 0.425. The summed E-state index contributed by atoms with van der Waals surface area (Å²) in [6.45, 7) is 9.29. The summed E-state index contributed by atoms with van der Waals surface area (Å²) in [5.41, 5.74) is 0.857. The normalized spacial score (nSPS) is 13.0. The van der Waals surface area contributed by atoms with Gasteiger partial charge in [-0.2, -0.15) is 0 Å². The van der Waals surface area contributed by atoms with Crippen molar-refractivity contribution >= 4 is 13.6 Å². The van der Waals surface area contributed by atoms with Crippen molar-refractivity contribution < 1.29 is 18.1 Å². The van der Waals surface area contributed by atoms with E-state index in [0.29, 0.717) is 5.76 Å². The van der Waals surface area contributed by atoms with Crippen molar-refractivity contribution in [2.24, 2.45) is 0 Å². The van der Waals surface area contributed by atoms with Crippen LogP contribution in [0.4, 0.5) is 0 Å². The molecule has 0 aliphatic heterocycles. The first-order valence-electron chi connectivity index (χ1n) is 7.78. The maximum absolute atomic E-state index is 12.9. The van der Waals surface area contributed by atoms with Crippen LogP contribution in [0.1, 0.15) is 53.0 Å². The van der Waals surface area contributed by atoms with Crippen LogP contribution in [0.15, 0.2) is 36.4 Å². The number of unbranched alkanes of at least 4 members (excludes halogenated alkanes) is 1. The second kappa shape index (κ2) is 9.14. The molecule has 22 heavy (non-hydrogen) atoms. The molecule has 4 nitrogen and oxygen atoms in total. The molecule has 0 radical (unpaired) electrons. The third kappa shape index (κ3) is 6.78. The fraction of sp³-hybridized carbons (Fsp3) is 0.529. The molecule has 0 heterocycles. The number of phosphoric acid groups is 1. The molecule has 0 fully saturated rings. The first kappa shape index (κ1) is 19.0. The van der Waals surface area contributed by atoms with Gasteiger partial charge < -0.3 is 4.52 Å². The summed E-state index contributed by atoms with van der Waals surface area (Å²) >= 11 is 0. The molecule has 124 valence electrons. The summed E-state index contributed by atoms with van der Waals surface area (Å²) in [7, 11) is -3.66. The number of phosphoric ester groups is 1. The van der Waals surface area contributed by atoms with Gasteiger partial charge in [0.05, 0.1) is 12.2 Å². The molecule has 5 heteroatoms. The lowest BCUT2D eigenvalue weighted by Crippen LogP contribution is -2.10. The zero-order valence-corrected chi connectivity index (χ0v) is 15.0. The van der Waals surface area contributed by atoms with Crippen LogP contribution in [0.3, 0.4) is 0 Å². The lowest BCUT2D eigenvalue weighted by molar-refractivity contribution is 0.0975. The predicted molar refractivity (Wildman–Crippen MR) is 90.5 cm³/mol. The largest absolute Gasteiger partial charge is 0.530 e. The molecule has 1 aromatic rings. The molecule has 0 unspecified atom stereocenters. The minimum absolute atomic E-state index is 0.257. The van der Waals surface area contributed by atoms with Crippen molar-refractivity contribution in [3.05, 3.63) is 42.0 Å². The van der Waals surface area contributed by atoms with E-state index in [1.54, 1.807) is 27.7 Å². The molecule has 1 rings (SSSR count). The summed E-state index contributed by atoms with van der Waals surface area (Å²) in [6.07, 6.45) is 3.21. The third-order valence-corrected chi connectivity index (χ3v) is 4.35. The Kier molecular flexibility index (Phi) is 7.88. The van der Waals surface area contributed by atoms with Crippen LogP contribution < -0.4 is 0 Å². The summed E-state index contributed by atoms with van der Waals surface area (Å²) in [6, 6.07) is 9.58. The van der Waals surface area contributed by atoms with Gasteiger partial charge in [-0.05, 0) is 40.2 Å². The minimum Gasteiger partial charge on any atom is -0.404 e. The Labute approximate surface area is 134 Å². The topological polar surface area (TPSA) is 44.8 Å². The van der Waals surface area contributed by atoms with Crippen LogP contribution in [0.25, 0.3) is 5.76 Å². The fourth-order valence-electron chi connectivity index (χ4n) is 1.79. The van der Waals surface area contributed by atoms with E-state index in [2.05, 4.69) is 6.92 Å². The lowest BCUT2D eigenvalue weighted by Gasteiger charge is -2.23. The van der Waals surface area contributed by atoms with Gasteiger partial charge in [-0.3, -0.25) is 9.05 Å². The number of rotatable bonds is 9. The Bertz CT molecular complexity index is 495. The van der Waals surface area contributed by atoms with Crippen molar-refractivity contribution in [2.45, 2.75) is 59.7 Å². The first-order chi connectivity index (χ1) is 10.4. The zero-order chi connectivity index (χ0) is 16.6. The average Bonchev–Trinajstić information content (AvgIpc) is 2.42. The van der Waals surface area contributed by atoms with E-state index >= 15 is 0 Å². The molecule has 0 aromatic heterocycles. The summed E-state index contributed by atoms with van der Waals surface area (Å²) < 4.78 is 29.5. The Hall–Kier alpha value is -1.09. The van der Waals surface area contributed by atoms with Crippen molar-refractivity contribution in [1.29, 1.82) is 0 Å². The molecule has 0 bridgehead atoms. The fourth-order valence-corrected chi connectivity index (χ4v) is 3.38. The average molecular weight is 326 g/mol. The van der Waals surface area contributed by atoms with Crippen LogP contribution in [-0.2, 0) is 18.1 Å². The van der Waals surface area contributed by atoms with Crippen molar-refractivity contribution in [3.8, 4) is 0 Å². The van der Waals surface area contributed by atoms with E-state index in [1.807, 2.05) is 36.4 Å². The van der Waals surface area contributed by atoms with E-state index in [-0.39, 0.29) is 12.2 Å². The van der Waals surface area contributed by atoms with Gasteiger partial charge in [-0.15, -0.1) is 0 Å². The van der Waals surface area contributed by atoms with E-state index in [4.69, 9.17) is 13.6 Å². The zero-order valence-electron chi connectivity index (χ0n) is 14.1. The standard InChI is InChI=1S/C17H27O4P/c1-6-7-13-17(16-11-9-8-10-12-16)21-22(18,19-14(2)3)20-15(4)5/h8-15H,6-7H2,1-5H3/b17-13-. The Morgan fingerprint density at radius 3 is 2.09 bits per heavy atom. The number of benzene rings is 1. The monoisotopic (exact) mass is 326 g/mol. The summed E-state index contributed by atoms with van der Waals surface area (Å²) in [5.74, 6) is 0.534. The van der Waals surface area contributed by atoms with Crippen molar-refractivity contribution in [2.75, 3.05) is 0 Å². The highest BCUT2D eigenvalue weighted by molar-refractivity contribution is 7.48. The molecule has 0 amide bonds. The summed E-state index contributed by atoms with van der Waals surface area (Å²) in [4.78, 5) is 0. The number of hydrogen-bond donors (Lipinski definition) is 0. The second-order valence-corrected chi connectivity index (χ2v) is 7.07. The van der Waals surface area contributed by atoms with E-state index < -0.39 is 7.82 Å². The van der Waals surface area contributed by atoms with Gasteiger partial charge in [0.1, 0.15) is 5.76 Å². The smallest absolute Gasteiger partial charge is 0.404 e. The summed E-state index contributed by atoms with van der Waals surface area (Å²) in [5, 5.41) is 0. The van der Waals surface area contributed by atoms with E-state index in [0.717, 1.165) is 18.4 Å². The molecule has 0 saturated carbocycles. The SMILES string of the molecule is CCC/C=C(\OP(=O)(OC(C)C)OC(C)C)c1ccccc1. The highest BCUT2D eigenvalue weighted by atomic mass is 31.2. The Morgan fingerprint density at radius 1 is 1.09 bits per heavy atom. The first-order valence-corrected chi connectivity index (χ1v) is 9.24. The predicted octanol–water partition coefficient (Wildman–Crippen LogP) is 5.80.